The third-order valence-electron chi connectivity index (χ3n) is 3.59. The van der Waals surface area contributed by atoms with E-state index in [1.54, 1.807) is 0 Å². The van der Waals surface area contributed by atoms with E-state index in [-0.39, 0.29) is 0 Å². The molecule has 0 aliphatic heterocycles. The molecule has 0 unspecified atom stereocenters. The van der Waals surface area contributed by atoms with Crippen molar-refractivity contribution in [3.05, 3.63) is 46.4 Å². The summed E-state index contributed by atoms with van der Waals surface area (Å²) >= 11 is 5.47. The molecular weight excluding hydrogens is 280 g/mol. The highest BCUT2D eigenvalue weighted by atomic mass is 32.1. The third-order valence-corrected chi connectivity index (χ3v) is 3.88. The molecule has 108 valence electrons. The largest absolute Gasteiger partial charge is 0.377 e. The number of rotatable bonds is 2. The summed E-state index contributed by atoms with van der Waals surface area (Å²) in [4.78, 5) is 9.86. The lowest BCUT2D eigenvalue weighted by Gasteiger charge is -2.17. The topological polar surface area (TPSA) is 36.9 Å². The van der Waals surface area contributed by atoms with Crippen LogP contribution in [-0.4, -0.2) is 28.6 Å². The van der Waals surface area contributed by atoms with Gasteiger partial charge in [0.25, 0.3) is 0 Å². The van der Waals surface area contributed by atoms with Crippen LogP contribution in [0.1, 0.15) is 11.1 Å². The highest BCUT2D eigenvalue weighted by Gasteiger charge is 2.10. The second kappa shape index (κ2) is 5.00. The second-order valence-electron chi connectivity index (χ2n) is 5.51. The first-order valence-corrected chi connectivity index (χ1v) is 7.24. The number of aromatic amines is 1. The Morgan fingerprint density at radius 2 is 1.95 bits per heavy atom. The van der Waals surface area contributed by atoms with Gasteiger partial charge >= 0.3 is 0 Å². The lowest BCUT2D eigenvalue weighted by Crippen LogP contribution is -2.11. The molecule has 0 saturated carbocycles. The molecule has 21 heavy (non-hydrogen) atoms. The molecule has 3 rings (SSSR count). The number of hydrogen-bond donors (Lipinski definition) is 1. The molecule has 0 radical (unpaired) electrons. The normalized spacial score (nSPS) is 11.0. The second-order valence-corrected chi connectivity index (χ2v) is 5.90. The predicted molar refractivity (Wildman–Crippen MR) is 90.1 cm³/mol. The third kappa shape index (κ3) is 2.34. The van der Waals surface area contributed by atoms with Crippen molar-refractivity contribution in [1.29, 1.82) is 0 Å². The Kier molecular flexibility index (Phi) is 3.29. The number of fused-ring (bicyclic) bond motifs is 1. The van der Waals surface area contributed by atoms with Crippen LogP contribution in [0.3, 0.4) is 0 Å². The Hall–Kier alpha value is -2.14. The number of H-pyrrole nitrogens is 1. The fourth-order valence-corrected chi connectivity index (χ4v) is 2.86. The quantitative estimate of drug-likeness (QED) is 0.732. The van der Waals surface area contributed by atoms with Crippen molar-refractivity contribution in [2.75, 3.05) is 19.0 Å². The van der Waals surface area contributed by atoms with E-state index in [1.165, 1.54) is 11.3 Å². The molecule has 0 saturated heterocycles. The first kappa shape index (κ1) is 13.8. The van der Waals surface area contributed by atoms with Crippen molar-refractivity contribution in [2.45, 2.75) is 13.8 Å². The van der Waals surface area contributed by atoms with E-state index < -0.39 is 0 Å². The first-order valence-electron chi connectivity index (χ1n) is 6.83. The summed E-state index contributed by atoms with van der Waals surface area (Å²) < 4.78 is 2.65. The molecule has 0 bridgehead atoms. The van der Waals surface area contributed by atoms with Gasteiger partial charge in [-0.3, -0.25) is 4.57 Å². The molecule has 3 aromatic rings. The predicted octanol–water partition coefficient (Wildman–Crippen LogP) is 3.77. The minimum atomic E-state index is 0.664. The van der Waals surface area contributed by atoms with Crippen molar-refractivity contribution in [3.63, 3.8) is 0 Å². The highest BCUT2D eigenvalue weighted by Crippen LogP contribution is 2.24. The van der Waals surface area contributed by atoms with Gasteiger partial charge in [0.05, 0.1) is 11.2 Å². The Balaban J connectivity index is 2.28. The number of aryl methyl sites for hydroxylation is 2. The van der Waals surface area contributed by atoms with Crippen molar-refractivity contribution >= 4 is 29.1 Å². The lowest BCUT2D eigenvalue weighted by molar-refractivity contribution is 1.03. The van der Waals surface area contributed by atoms with E-state index in [2.05, 4.69) is 46.1 Å². The van der Waals surface area contributed by atoms with Crippen LogP contribution < -0.4 is 4.90 Å². The van der Waals surface area contributed by atoms with Gasteiger partial charge in [0.2, 0.25) is 0 Å². The number of hydrogen-bond acceptors (Lipinski definition) is 3. The standard InChI is InChI=1S/C16H18N4S/c1-10-7-13-15(17-9-10)20(16(21)18-13)12-6-5-11(2)14(8-12)19(3)4/h5-9H,1-4H3,(H,18,21). The number of aromatic nitrogens is 3. The van der Waals surface area contributed by atoms with Gasteiger partial charge in [0.15, 0.2) is 10.4 Å². The first-order chi connectivity index (χ1) is 9.97. The van der Waals surface area contributed by atoms with Crippen molar-refractivity contribution in [2.24, 2.45) is 0 Å². The maximum absolute atomic E-state index is 5.47. The number of pyridine rings is 1. The smallest absolute Gasteiger partial charge is 0.183 e. The molecule has 2 aromatic heterocycles. The van der Waals surface area contributed by atoms with E-state index in [0.717, 1.165) is 22.4 Å². The van der Waals surface area contributed by atoms with E-state index in [9.17, 15) is 0 Å². The van der Waals surface area contributed by atoms with E-state index in [1.807, 2.05) is 31.8 Å². The summed E-state index contributed by atoms with van der Waals surface area (Å²) in [5.41, 5.74) is 6.38. The van der Waals surface area contributed by atoms with Crippen LogP contribution in [0.2, 0.25) is 0 Å². The van der Waals surface area contributed by atoms with Gasteiger partial charge in [0, 0.05) is 26.0 Å². The Labute approximate surface area is 129 Å². The van der Waals surface area contributed by atoms with Crippen LogP contribution in [0.15, 0.2) is 30.5 Å². The average Bonchev–Trinajstić information content (AvgIpc) is 2.74. The molecule has 5 heteroatoms. The summed E-state index contributed by atoms with van der Waals surface area (Å²) in [5, 5.41) is 0. The van der Waals surface area contributed by atoms with Gasteiger partial charge in [0.1, 0.15) is 0 Å². The minimum Gasteiger partial charge on any atom is -0.377 e. The fraction of sp³-hybridized carbons (Fsp3) is 0.250. The molecule has 0 aliphatic rings. The highest BCUT2D eigenvalue weighted by molar-refractivity contribution is 7.71. The zero-order valence-corrected chi connectivity index (χ0v) is 13.5. The monoisotopic (exact) mass is 298 g/mol. The Bertz CT molecular complexity index is 874. The zero-order valence-electron chi connectivity index (χ0n) is 12.6. The minimum absolute atomic E-state index is 0.664. The SMILES string of the molecule is Cc1cnc2c(c1)[nH]c(=S)n2-c1ccc(C)c(N(C)C)c1. The van der Waals surface area contributed by atoms with Crippen LogP contribution in [-0.2, 0) is 0 Å². The van der Waals surface area contributed by atoms with Gasteiger partial charge < -0.3 is 9.88 Å². The number of nitrogens with one attached hydrogen (secondary N) is 1. The summed E-state index contributed by atoms with van der Waals surface area (Å²) in [6, 6.07) is 8.39. The van der Waals surface area contributed by atoms with Crippen molar-refractivity contribution in [3.8, 4) is 5.69 Å². The molecule has 0 fully saturated rings. The maximum Gasteiger partial charge on any atom is 0.183 e. The molecule has 0 spiro atoms. The summed E-state index contributed by atoms with van der Waals surface area (Å²) in [7, 11) is 4.09. The van der Waals surface area contributed by atoms with Crippen molar-refractivity contribution in [1.82, 2.24) is 14.5 Å². The van der Waals surface area contributed by atoms with E-state index in [0.29, 0.717) is 4.77 Å². The Morgan fingerprint density at radius 1 is 1.19 bits per heavy atom. The van der Waals surface area contributed by atoms with Crippen LogP contribution >= 0.6 is 12.2 Å². The maximum atomic E-state index is 5.47. The van der Waals surface area contributed by atoms with Gasteiger partial charge in [-0.25, -0.2) is 4.98 Å². The van der Waals surface area contributed by atoms with Crippen LogP contribution in [0, 0.1) is 18.6 Å². The Morgan fingerprint density at radius 3 is 2.67 bits per heavy atom. The van der Waals surface area contributed by atoms with Crippen LogP contribution in [0.4, 0.5) is 5.69 Å². The van der Waals surface area contributed by atoms with Crippen LogP contribution in [0.25, 0.3) is 16.9 Å². The van der Waals surface area contributed by atoms with Crippen LogP contribution in [0.5, 0.6) is 0 Å². The fourth-order valence-electron chi connectivity index (χ4n) is 2.56. The summed E-state index contributed by atoms with van der Waals surface area (Å²) in [5.74, 6) is 0. The molecular formula is C16H18N4S. The molecule has 2 heterocycles. The average molecular weight is 298 g/mol. The van der Waals surface area contributed by atoms with E-state index >= 15 is 0 Å². The molecule has 1 aromatic carbocycles. The van der Waals surface area contributed by atoms with Gasteiger partial charge in [-0.2, -0.15) is 0 Å². The van der Waals surface area contributed by atoms with E-state index in [4.69, 9.17) is 12.2 Å². The van der Waals surface area contributed by atoms with Gasteiger partial charge in [-0.15, -0.1) is 0 Å². The molecule has 0 aliphatic carbocycles. The number of imidazole rings is 1. The number of nitrogens with zero attached hydrogens (tertiary/aromatic N) is 3. The van der Waals surface area contributed by atoms with Gasteiger partial charge in [-0.1, -0.05) is 6.07 Å². The van der Waals surface area contributed by atoms with Gasteiger partial charge in [-0.05, 0) is 55.4 Å². The molecule has 0 atom stereocenters. The van der Waals surface area contributed by atoms with Crippen molar-refractivity contribution < 1.29 is 0 Å². The molecule has 4 nitrogen and oxygen atoms in total. The zero-order chi connectivity index (χ0) is 15.1. The summed E-state index contributed by atoms with van der Waals surface area (Å²) in [6.45, 7) is 4.13. The molecule has 0 amide bonds. The number of benzene rings is 1. The summed E-state index contributed by atoms with van der Waals surface area (Å²) in [6.07, 6.45) is 1.86. The molecule has 1 N–H and O–H groups in total. The lowest BCUT2D eigenvalue weighted by atomic mass is 10.1. The number of anilines is 1.